The number of hydrogen-bond donors (Lipinski definition) is 1. The lowest BCUT2D eigenvalue weighted by Crippen LogP contribution is -2.09. The van der Waals surface area contributed by atoms with Crippen molar-refractivity contribution in [2.75, 3.05) is 0 Å². The van der Waals surface area contributed by atoms with Crippen molar-refractivity contribution in [2.24, 2.45) is 0 Å². The number of halogens is 2. The van der Waals surface area contributed by atoms with E-state index in [0.29, 0.717) is 6.42 Å². The Hall–Kier alpha value is -1.20. The highest BCUT2D eigenvalue weighted by Gasteiger charge is 2.15. The number of rotatable bonds is 5. The Kier molecular flexibility index (Phi) is 4.71. The van der Waals surface area contributed by atoms with Crippen LogP contribution in [-0.2, 0) is 13.0 Å². The van der Waals surface area contributed by atoms with E-state index in [1.807, 2.05) is 4.57 Å². The van der Waals surface area contributed by atoms with E-state index >= 15 is 0 Å². The summed E-state index contributed by atoms with van der Waals surface area (Å²) in [7, 11) is 0. The molecule has 1 heterocycles. The van der Waals surface area contributed by atoms with Crippen molar-refractivity contribution < 1.29 is 9.50 Å². The number of aliphatic hydroxyl groups is 1. The summed E-state index contributed by atoms with van der Waals surface area (Å²) in [4.78, 5) is 4.06. The van der Waals surface area contributed by atoms with Crippen molar-refractivity contribution >= 4 is 15.9 Å². The van der Waals surface area contributed by atoms with Crippen LogP contribution in [0.25, 0.3) is 0 Å². The Balaban J connectivity index is 2.18. The summed E-state index contributed by atoms with van der Waals surface area (Å²) < 4.78 is 15.9. The molecule has 0 saturated heterocycles. The van der Waals surface area contributed by atoms with Crippen LogP contribution >= 0.6 is 15.9 Å². The maximum atomic E-state index is 13.2. The molecule has 3 nitrogen and oxygen atoms in total. The van der Waals surface area contributed by atoms with Crippen LogP contribution in [-0.4, -0.2) is 14.7 Å². The van der Waals surface area contributed by atoms with E-state index in [0.717, 1.165) is 28.7 Å². The summed E-state index contributed by atoms with van der Waals surface area (Å²) in [5.74, 6) is -0.299. The summed E-state index contributed by atoms with van der Waals surface area (Å²) >= 11 is 3.37. The molecule has 102 valence electrons. The normalized spacial score (nSPS) is 12.6. The molecular formula is C14H16BrFN2O. The maximum absolute atomic E-state index is 13.2. The first kappa shape index (κ1) is 14.2. The minimum Gasteiger partial charge on any atom is -0.386 e. The first-order chi connectivity index (χ1) is 9.11. The minimum absolute atomic E-state index is 0.299. The predicted molar refractivity (Wildman–Crippen MR) is 75.3 cm³/mol. The van der Waals surface area contributed by atoms with E-state index in [4.69, 9.17) is 0 Å². The Morgan fingerprint density at radius 2 is 2.26 bits per heavy atom. The molecule has 2 aromatic rings. The molecule has 0 aliphatic heterocycles. The van der Waals surface area contributed by atoms with Gasteiger partial charge in [0.05, 0.1) is 24.3 Å². The van der Waals surface area contributed by atoms with Crippen LogP contribution in [0.4, 0.5) is 4.39 Å². The molecule has 1 atom stereocenters. The predicted octanol–water partition coefficient (Wildman–Crippen LogP) is 3.47. The number of imidazole rings is 1. The van der Waals surface area contributed by atoms with E-state index in [1.165, 1.54) is 12.1 Å². The average molecular weight is 327 g/mol. The Bertz CT molecular complexity index is 556. The molecule has 1 N–H and O–H groups in total. The standard InChI is InChI=1S/C14H16BrFN2O/c1-2-5-18-9-17-8-13(18)14(19)7-10-6-11(16)3-4-12(10)15/h3-4,6,8-9,14,19H,2,5,7H2,1H3. The number of benzene rings is 1. The van der Waals surface area contributed by atoms with Crippen LogP contribution in [0.3, 0.4) is 0 Å². The molecule has 19 heavy (non-hydrogen) atoms. The smallest absolute Gasteiger partial charge is 0.123 e. The third-order valence-electron chi connectivity index (χ3n) is 2.97. The summed E-state index contributed by atoms with van der Waals surface area (Å²) in [6.07, 6.45) is 4.01. The Morgan fingerprint density at radius 3 is 3.00 bits per heavy atom. The number of hydrogen-bond acceptors (Lipinski definition) is 2. The van der Waals surface area contributed by atoms with Crippen LogP contribution < -0.4 is 0 Å². The van der Waals surface area contributed by atoms with Gasteiger partial charge >= 0.3 is 0 Å². The molecule has 0 spiro atoms. The zero-order valence-corrected chi connectivity index (χ0v) is 12.3. The molecule has 1 aromatic carbocycles. The van der Waals surface area contributed by atoms with Gasteiger partial charge in [0.1, 0.15) is 5.82 Å². The van der Waals surface area contributed by atoms with E-state index in [-0.39, 0.29) is 5.82 Å². The van der Waals surface area contributed by atoms with Crippen LogP contribution in [0, 0.1) is 5.82 Å². The number of nitrogens with zero attached hydrogens (tertiary/aromatic N) is 2. The topological polar surface area (TPSA) is 38.0 Å². The highest BCUT2D eigenvalue weighted by atomic mass is 79.9. The zero-order chi connectivity index (χ0) is 13.8. The van der Waals surface area contributed by atoms with Gasteiger partial charge < -0.3 is 9.67 Å². The van der Waals surface area contributed by atoms with Crippen molar-refractivity contribution in [3.05, 3.63) is 52.3 Å². The van der Waals surface area contributed by atoms with Gasteiger partial charge in [-0.15, -0.1) is 0 Å². The highest BCUT2D eigenvalue weighted by Crippen LogP contribution is 2.24. The van der Waals surface area contributed by atoms with Gasteiger partial charge in [-0.05, 0) is 30.2 Å². The largest absolute Gasteiger partial charge is 0.386 e. The Labute approximate surface area is 120 Å². The second-order valence-corrected chi connectivity index (χ2v) is 5.32. The molecule has 0 fully saturated rings. The lowest BCUT2D eigenvalue weighted by Gasteiger charge is -2.14. The fraction of sp³-hybridized carbons (Fsp3) is 0.357. The van der Waals surface area contributed by atoms with Crippen molar-refractivity contribution in [3.8, 4) is 0 Å². The molecule has 0 aliphatic carbocycles. The Morgan fingerprint density at radius 1 is 1.47 bits per heavy atom. The molecule has 0 saturated carbocycles. The van der Waals surface area contributed by atoms with Crippen LogP contribution in [0.2, 0.25) is 0 Å². The third-order valence-corrected chi connectivity index (χ3v) is 3.75. The zero-order valence-electron chi connectivity index (χ0n) is 10.7. The SMILES string of the molecule is CCCn1cncc1C(O)Cc1cc(F)ccc1Br. The molecule has 1 aromatic heterocycles. The minimum atomic E-state index is -0.688. The molecule has 2 rings (SSSR count). The van der Waals surface area contributed by atoms with Gasteiger partial charge in [0.2, 0.25) is 0 Å². The summed E-state index contributed by atoms with van der Waals surface area (Å²) in [5.41, 5.74) is 1.51. The molecule has 0 radical (unpaired) electrons. The monoisotopic (exact) mass is 326 g/mol. The molecule has 0 bridgehead atoms. The molecule has 1 unspecified atom stereocenters. The second-order valence-electron chi connectivity index (χ2n) is 4.47. The number of aliphatic hydroxyl groups excluding tert-OH is 1. The summed E-state index contributed by atoms with van der Waals surface area (Å²) in [6, 6.07) is 4.48. The molecule has 5 heteroatoms. The van der Waals surface area contributed by atoms with Gasteiger partial charge in [-0.25, -0.2) is 9.37 Å². The van der Waals surface area contributed by atoms with Gasteiger partial charge in [-0.3, -0.25) is 0 Å². The van der Waals surface area contributed by atoms with Crippen LogP contribution in [0.15, 0.2) is 35.2 Å². The van der Waals surface area contributed by atoms with Crippen molar-refractivity contribution in [2.45, 2.75) is 32.4 Å². The van der Waals surface area contributed by atoms with E-state index < -0.39 is 6.10 Å². The van der Waals surface area contributed by atoms with Gasteiger partial charge in [0, 0.05) is 17.4 Å². The lowest BCUT2D eigenvalue weighted by atomic mass is 10.1. The number of aromatic nitrogens is 2. The molecular weight excluding hydrogens is 311 g/mol. The van der Waals surface area contributed by atoms with E-state index in [2.05, 4.69) is 27.8 Å². The average Bonchev–Trinajstić information content (AvgIpc) is 2.82. The quantitative estimate of drug-likeness (QED) is 0.913. The fourth-order valence-corrected chi connectivity index (χ4v) is 2.46. The number of aryl methyl sites for hydroxylation is 1. The van der Waals surface area contributed by atoms with Crippen molar-refractivity contribution in [3.63, 3.8) is 0 Å². The third kappa shape index (κ3) is 3.42. The fourth-order valence-electron chi connectivity index (χ4n) is 2.05. The van der Waals surface area contributed by atoms with E-state index in [1.54, 1.807) is 18.6 Å². The van der Waals surface area contributed by atoms with Crippen molar-refractivity contribution in [1.82, 2.24) is 9.55 Å². The summed E-state index contributed by atoms with van der Waals surface area (Å²) in [5, 5.41) is 10.3. The lowest BCUT2D eigenvalue weighted by molar-refractivity contribution is 0.168. The van der Waals surface area contributed by atoms with Crippen molar-refractivity contribution in [1.29, 1.82) is 0 Å². The van der Waals surface area contributed by atoms with Crippen LogP contribution in [0.1, 0.15) is 30.7 Å². The van der Waals surface area contributed by atoms with Gasteiger partial charge in [-0.1, -0.05) is 22.9 Å². The van der Waals surface area contributed by atoms with Gasteiger partial charge in [0.25, 0.3) is 0 Å². The maximum Gasteiger partial charge on any atom is 0.123 e. The first-order valence-electron chi connectivity index (χ1n) is 6.23. The van der Waals surface area contributed by atoms with Crippen LogP contribution in [0.5, 0.6) is 0 Å². The molecule has 0 aliphatic rings. The molecule has 0 amide bonds. The summed E-state index contributed by atoms with van der Waals surface area (Å²) in [6.45, 7) is 2.88. The van der Waals surface area contributed by atoms with E-state index in [9.17, 15) is 9.50 Å². The van der Waals surface area contributed by atoms with Gasteiger partial charge in [-0.2, -0.15) is 0 Å². The highest BCUT2D eigenvalue weighted by molar-refractivity contribution is 9.10. The van der Waals surface area contributed by atoms with Gasteiger partial charge in [0.15, 0.2) is 0 Å². The first-order valence-corrected chi connectivity index (χ1v) is 7.03. The second kappa shape index (κ2) is 6.30.